The number of nitrogens with zero attached hydrogens (tertiary/aromatic N) is 1. The first-order valence-electron chi connectivity index (χ1n) is 19.8. The summed E-state index contributed by atoms with van der Waals surface area (Å²) in [5.74, 6) is 0. The van der Waals surface area contributed by atoms with Crippen molar-refractivity contribution in [3.63, 3.8) is 0 Å². The molecule has 0 radical (unpaired) electrons. The van der Waals surface area contributed by atoms with E-state index in [2.05, 4.69) is 217 Å². The van der Waals surface area contributed by atoms with Gasteiger partial charge in [0.1, 0.15) is 11.2 Å². The predicted molar refractivity (Wildman–Crippen MR) is 244 cm³/mol. The van der Waals surface area contributed by atoms with Gasteiger partial charge >= 0.3 is 0 Å². The van der Waals surface area contributed by atoms with Gasteiger partial charge in [0.2, 0.25) is 0 Å². The first kappa shape index (κ1) is 33.0. The smallest absolute Gasteiger partial charge is 0.136 e. The van der Waals surface area contributed by atoms with Crippen molar-refractivity contribution in [2.45, 2.75) is 5.41 Å². The molecule has 3 heteroatoms. The Bertz CT molecular complexity index is 3290. The third-order valence-electron chi connectivity index (χ3n) is 12.1. The number of hydrogen-bond donors (Lipinski definition) is 0. The van der Waals surface area contributed by atoms with Gasteiger partial charge < -0.3 is 9.32 Å². The van der Waals surface area contributed by atoms with Crippen LogP contribution in [0.25, 0.3) is 64.4 Å². The quantitative estimate of drug-likeness (QED) is 0.168. The minimum atomic E-state index is -0.480. The molecule has 58 heavy (non-hydrogen) atoms. The molecular weight excluding hydrogens is 723 g/mol. The summed E-state index contributed by atoms with van der Waals surface area (Å²) in [6.45, 7) is 0. The number of benzene rings is 9. The largest absolute Gasteiger partial charge is 0.456 e. The van der Waals surface area contributed by atoms with Crippen LogP contribution < -0.4 is 4.90 Å². The molecule has 0 aliphatic heterocycles. The molecule has 2 aromatic heterocycles. The van der Waals surface area contributed by atoms with E-state index in [1.165, 1.54) is 53.6 Å². The van der Waals surface area contributed by atoms with Crippen LogP contribution in [-0.4, -0.2) is 0 Å². The van der Waals surface area contributed by atoms with Crippen molar-refractivity contribution < 1.29 is 4.42 Å². The Morgan fingerprint density at radius 3 is 1.78 bits per heavy atom. The van der Waals surface area contributed by atoms with Crippen LogP contribution in [-0.2, 0) is 5.41 Å². The van der Waals surface area contributed by atoms with Gasteiger partial charge in [-0.05, 0) is 111 Å². The maximum atomic E-state index is 6.83. The molecule has 0 bridgehead atoms. The summed E-state index contributed by atoms with van der Waals surface area (Å²) in [6.07, 6.45) is 0. The van der Waals surface area contributed by atoms with E-state index in [-0.39, 0.29) is 0 Å². The maximum absolute atomic E-state index is 6.83. The molecule has 0 atom stereocenters. The summed E-state index contributed by atoms with van der Waals surface area (Å²) in [6, 6.07) is 77.2. The predicted octanol–water partition coefficient (Wildman–Crippen LogP) is 15.5. The number of furan rings is 1. The van der Waals surface area contributed by atoms with Crippen LogP contribution >= 0.6 is 11.3 Å². The van der Waals surface area contributed by atoms with Gasteiger partial charge in [-0.1, -0.05) is 146 Å². The Morgan fingerprint density at radius 1 is 0.379 bits per heavy atom. The fourth-order valence-electron chi connectivity index (χ4n) is 9.67. The topological polar surface area (TPSA) is 16.4 Å². The van der Waals surface area contributed by atoms with Gasteiger partial charge in [-0.25, -0.2) is 0 Å². The van der Waals surface area contributed by atoms with Crippen LogP contribution in [0.15, 0.2) is 217 Å². The van der Waals surface area contributed by atoms with E-state index in [1.54, 1.807) is 0 Å². The summed E-state index contributed by atoms with van der Waals surface area (Å²) in [5.41, 5.74) is 14.5. The van der Waals surface area contributed by atoms with Gasteiger partial charge in [-0.2, -0.15) is 0 Å². The highest BCUT2D eigenvalue weighted by molar-refractivity contribution is 7.25. The second kappa shape index (κ2) is 12.9. The molecule has 0 saturated heterocycles. The second-order valence-corrected chi connectivity index (χ2v) is 16.3. The van der Waals surface area contributed by atoms with Gasteiger partial charge in [0.25, 0.3) is 0 Å². The number of rotatable bonds is 6. The molecule has 12 rings (SSSR count). The van der Waals surface area contributed by atoms with Crippen LogP contribution in [0.4, 0.5) is 17.1 Å². The SMILES string of the molecule is c1ccc(N(c2ccc(-c3cccc4oc5cc6c(cc5c34)-c3ccccc3C6(c3ccccc3)c3ccccc3)cc2)c2ccc3sc4ccccc4c3c2)cc1. The third kappa shape index (κ3) is 4.84. The molecule has 0 unspecified atom stereocenters. The van der Waals surface area contributed by atoms with Crippen LogP contribution in [0, 0.1) is 0 Å². The van der Waals surface area contributed by atoms with Crippen molar-refractivity contribution in [1.29, 1.82) is 0 Å². The maximum Gasteiger partial charge on any atom is 0.136 e. The molecule has 0 spiro atoms. The van der Waals surface area contributed by atoms with Gasteiger partial charge in [0, 0.05) is 48.0 Å². The number of fused-ring (bicyclic) bond motifs is 9. The van der Waals surface area contributed by atoms with Gasteiger partial charge in [0.15, 0.2) is 0 Å². The Kier molecular flexibility index (Phi) is 7.35. The van der Waals surface area contributed by atoms with Crippen molar-refractivity contribution in [3.8, 4) is 22.3 Å². The van der Waals surface area contributed by atoms with E-state index in [9.17, 15) is 0 Å². The van der Waals surface area contributed by atoms with Crippen molar-refractivity contribution in [2.24, 2.45) is 0 Å². The molecule has 1 aliphatic rings. The Morgan fingerprint density at radius 2 is 1.00 bits per heavy atom. The van der Waals surface area contributed by atoms with Crippen molar-refractivity contribution in [3.05, 3.63) is 235 Å². The number of anilines is 3. The fraction of sp³-hybridized carbons (Fsp3) is 0.0182. The standard InChI is InChI=1S/C55H35NOS/c1-4-15-37(16-5-1)55(38-17-6-2-7-18-38)48-24-12-10-21-43(48)45-34-47-51(35-49(45)55)57-50-25-14-23-42(54(47)50)36-27-29-40(30-28-36)56(39-19-8-3-9-20-39)41-31-32-53-46(33-41)44-22-11-13-26-52(44)58-53/h1-35H. The second-order valence-electron chi connectivity index (χ2n) is 15.2. The third-order valence-corrected chi connectivity index (χ3v) is 13.3. The lowest BCUT2D eigenvalue weighted by Gasteiger charge is -2.33. The summed E-state index contributed by atoms with van der Waals surface area (Å²) in [5, 5.41) is 4.85. The molecule has 0 saturated carbocycles. The highest BCUT2D eigenvalue weighted by Gasteiger charge is 2.46. The molecule has 0 fully saturated rings. The molecule has 272 valence electrons. The minimum absolute atomic E-state index is 0.480. The van der Waals surface area contributed by atoms with E-state index in [0.29, 0.717) is 0 Å². The lowest BCUT2D eigenvalue weighted by molar-refractivity contribution is 0.666. The monoisotopic (exact) mass is 757 g/mol. The van der Waals surface area contributed by atoms with Gasteiger partial charge in [-0.3, -0.25) is 0 Å². The Balaban J connectivity index is 1.02. The minimum Gasteiger partial charge on any atom is -0.456 e. The zero-order valence-electron chi connectivity index (χ0n) is 31.5. The highest BCUT2D eigenvalue weighted by atomic mass is 32.1. The first-order chi connectivity index (χ1) is 28.8. The lowest BCUT2D eigenvalue weighted by atomic mass is 9.67. The average Bonchev–Trinajstić information content (AvgIpc) is 3.95. The van der Waals surface area contributed by atoms with Crippen LogP contribution in [0.5, 0.6) is 0 Å². The molecule has 9 aromatic carbocycles. The summed E-state index contributed by atoms with van der Waals surface area (Å²) in [7, 11) is 0. The van der Waals surface area contributed by atoms with Crippen LogP contribution in [0.1, 0.15) is 22.3 Å². The fourth-order valence-corrected chi connectivity index (χ4v) is 10.8. The van der Waals surface area contributed by atoms with Gasteiger partial charge in [-0.15, -0.1) is 11.3 Å². The molecule has 11 aromatic rings. The average molecular weight is 758 g/mol. The van der Waals surface area contributed by atoms with Crippen LogP contribution in [0.3, 0.4) is 0 Å². The molecular formula is C55H35NOS. The number of hydrogen-bond acceptors (Lipinski definition) is 3. The first-order valence-corrected chi connectivity index (χ1v) is 20.6. The highest BCUT2D eigenvalue weighted by Crippen LogP contribution is 2.57. The lowest BCUT2D eigenvalue weighted by Crippen LogP contribution is -2.28. The summed E-state index contributed by atoms with van der Waals surface area (Å²) >= 11 is 1.85. The summed E-state index contributed by atoms with van der Waals surface area (Å²) in [4.78, 5) is 2.36. The molecule has 0 amide bonds. The van der Waals surface area contributed by atoms with Crippen molar-refractivity contribution >= 4 is 70.5 Å². The Labute approximate surface area is 340 Å². The van der Waals surface area contributed by atoms with E-state index >= 15 is 0 Å². The van der Waals surface area contributed by atoms with E-state index in [0.717, 1.165) is 50.1 Å². The van der Waals surface area contributed by atoms with Crippen molar-refractivity contribution in [1.82, 2.24) is 0 Å². The van der Waals surface area contributed by atoms with Crippen molar-refractivity contribution in [2.75, 3.05) is 4.90 Å². The zero-order valence-corrected chi connectivity index (χ0v) is 32.3. The van der Waals surface area contributed by atoms with Gasteiger partial charge in [0.05, 0.1) is 5.41 Å². The Hall–Kier alpha value is -7.20. The molecule has 0 N–H and O–H groups in total. The summed E-state index contributed by atoms with van der Waals surface area (Å²) < 4.78 is 9.44. The van der Waals surface area contributed by atoms with Crippen LogP contribution in [0.2, 0.25) is 0 Å². The van der Waals surface area contributed by atoms with E-state index in [1.807, 2.05) is 11.3 Å². The zero-order chi connectivity index (χ0) is 38.2. The molecule has 2 nitrogen and oxygen atoms in total. The normalized spacial score (nSPS) is 13.0. The van der Waals surface area contributed by atoms with E-state index < -0.39 is 5.41 Å². The number of thiophene rings is 1. The van der Waals surface area contributed by atoms with E-state index in [4.69, 9.17) is 4.42 Å². The number of para-hydroxylation sites is 1. The molecule has 1 aliphatic carbocycles. The molecule has 2 heterocycles.